The largest absolute Gasteiger partial charge is 0.363 e. The summed E-state index contributed by atoms with van der Waals surface area (Å²) in [5.41, 5.74) is 3.51. The standard InChI is InChI=1S/C25H27N7O2S/c1-31(2)25-12-11-19(16-26-25)18-7-5-8-20(13-18)29-23-15-24(28-17-27-23)30-21-9-6-10-22(14-21)35(33,34)32(3)4/h5-17H,1-4H3,(H2,27,28,29,30). The molecule has 2 aromatic heterocycles. The fraction of sp³-hybridized carbons (Fsp3) is 0.160. The van der Waals surface area contributed by atoms with Crippen LogP contribution in [0.15, 0.2) is 84.1 Å². The van der Waals surface area contributed by atoms with Gasteiger partial charge in [0.1, 0.15) is 23.8 Å². The highest BCUT2D eigenvalue weighted by Crippen LogP contribution is 2.26. The van der Waals surface area contributed by atoms with Crippen molar-refractivity contribution in [3.63, 3.8) is 0 Å². The number of rotatable bonds is 8. The van der Waals surface area contributed by atoms with Crippen molar-refractivity contribution in [2.75, 3.05) is 43.7 Å². The van der Waals surface area contributed by atoms with E-state index in [2.05, 4.69) is 25.6 Å². The maximum absolute atomic E-state index is 12.4. The third-order valence-electron chi connectivity index (χ3n) is 5.23. The van der Waals surface area contributed by atoms with Crippen molar-refractivity contribution in [3.8, 4) is 11.1 Å². The highest BCUT2D eigenvalue weighted by Gasteiger charge is 2.17. The van der Waals surface area contributed by atoms with E-state index >= 15 is 0 Å². The van der Waals surface area contributed by atoms with Crippen LogP contribution in [0.3, 0.4) is 0 Å². The van der Waals surface area contributed by atoms with E-state index in [0.717, 1.165) is 22.6 Å². The molecule has 0 saturated heterocycles. The minimum atomic E-state index is -3.53. The Morgan fingerprint density at radius 1 is 0.714 bits per heavy atom. The average molecular weight is 490 g/mol. The van der Waals surface area contributed by atoms with Crippen molar-refractivity contribution in [2.24, 2.45) is 0 Å². The molecule has 0 saturated carbocycles. The number of sulfonamides is 1. The second-order valence-electron chi connectivity index (χ2n) is 8.23. The second kappa shape index (κ2) is 10.1. The number of hydrogen-bond donors (Lipinski definition) is 2. The maximum atomic E-state index is 12.4. The van der Waals surface area contributed by atoms with Crippen LogP contribution in [0.25, 0.3) is 11.1 Å². The van der Waals surface area contributed by atoms with Gasteiger partial charge in [0, 0.05) is 57.4 Å². The summed E-state index contributed by atoms with van der Waals surface area (Å²) in [7, 11) is 3.39. The molecule has 10 heteroatoms. The van der Waals surface area contributed by atoms with Crippen LogP contribution in [0.1, 0.15) is 0 Å². The third kappa shape index (κ3) is 5.73. The van der Waals surface area contributed by atoms with Gasteiger partial charge in [-0.25, -0.2) is 27.7 Å². The molecular weight excluding hydrogens is 462 g/mol. The molecule has 0 aliphatic heterocycles. The van der Waals surface area contributed by atoms with Crippen molar-refractivity contribution < 1.29 is 8.42 Å². The number of anilines is 5. The molecule has 0 amide bonds. The molecule has 180 valence electrons. The Morgan fingerprint density at radius 3 is 1.97 bits per heavy atom. The lowest BCUT2D eigenvalue weighted by Gasteiger charge is -2.13. The summed E-state index contributed by atoms with van der Waals surface area (Å²) >= 11 is 0. The first-order valence-corrected chi connectivity index (χ1v) is 12.3. The summed E-state index contributed by atoms with van der Waals surface area (Å²) in [5.74, 6) is 2.02. The molecule has 4 aromatic rings. The first-order valence-electron chi connectivity index (χ1n) is 10.8. The van der Waals surface area contributed by atoms with Gasteiger partial charge < -0.3 is 15.5 Å². The Kier molecular flexibility index (Phi) is 6.94. The molecule has 2 aromatic carbocycles. The zero-order valence-electron chi connectivity index (χ0n) is 20.0. The molecular formula is C25H27N7O2S. The van der Waals surface area contributed by atoms with Crippen LogP contribution in [0, 0.1) is 0 Å². The van der Waals surface area contributed by atoms with Crippen LogP contribution in [0.4, 0.5) is 28.8 Å². The Hall–Kier alpha value is -4.02. The van der Waals surface area contributed by atoms with E-state index in [1.54, 1.807) is 30.3 Å². The van der Waals surface area contributed by atoms with Crippen molar-refractivity contribution in [1.82, 2.24) is 19.3 Å². The molecule has 0 radical (unpaired) electrons. The predicted octanol–water partition coefficient (Wildman–Crippen LogP) is 4.34. The fourth-order valence-electron chi connectivity index (χ4n) is 3.33. The molecule has 0 bridgehead atoms. The number of aromatic nitrogens is 3. The predicted molar refractivity (Wildman–Crippen MR) is 140 cm³/mol. The SMILES string of the molecule is CN(C)c1ccc(-c2cccc(Nc3cc(Nc4cccc(S(=O)(=O)N(C)C)c4)ncn3)c2)cn1. The van der Waals surface area contributed by atoms with E-state index in [1.165, 1.54) is 24.7 Å². The van der Waals surface area contributed by atoms with Gasteiger partial charge in [-0.05, 0) is 48.0 Å². The van der Waals surface area contributed by atoms with Gasteiger partial charge in [-0.2, -0.15) is 0 Å². The lowest BCUT2D eigenvalue weighted by molar-refractivity contribution is 0.521. The van der Waals surface area contributed by atoms with Crippen LogP contribution in [-0.2, 0) is 10.0 Å². The number of pyridine rings is 1. The molecule has 2 N–H and O–H groups in total. The fourth-order valence-corrected chi connectivity index (χ4v) is 4.28. The molecule has 9 nitrogen and oxygen atoms in total. The average Bonchev–Trinajstić information content (AvgIpc) is 2.84. The first kappa shape index (κ1) is 24.1. The topological polar surface area (TPSA) is 103 Å². The van der Waals surface area contributed by atoms with Crippen LogP contribution in [0.5, 0.6) is 0 Å². The minimum absolute atomic E-state index is 0.199. The summed E-state index contributed by atoms with van der Waals surface area (Å²) in [6.07, 6.45) is 3.30. The summed E-state index contributed by atoms with van der Waals surface area (Å²) in [4.78, 5) is 15.2. The summed E-state index contributed by atoms with van der Waals surface area (Å²) in [6.45, 7) is 0. The second-order valence-corrected chi connectivity index (χ2v) is 10.4. The van der Waals surface area contributed by atoms with Gasteiger partial charge in [0.15, 0.2) is 0 Å². The lowest BCUT2D eigenvalue weighted by Crippen LogP contribution is -2.22. The molecule has 4 rings (SSSR count). The summed E-state index contributed by atoms with van der Waals surface area (Å²) in [6, 6.07) is 20.4. The van der Waals surface area contributed by atoms with E-state index in [4.69, 9.17) is 0 Å². The Labute approximate surface area is 205 Å². The summed E-state index contributed by atoms with van der Waals surface area (Å²) in [5, 5.41) is 6.44. The Balaban J connectivity index is 1.51. The van der Waals surface area contributed by atoms with E-state index in [9.17, 15) is 8.42 Å². The lowest BCUT2D eigenvalue weighted by atomic mass is 10.1. The maximum Gasteiger partial charge on any atom is 0.242 e. The smallest absolute Gasteiger partial charge is 0.242 e. The molecule has 35 heavy (non-hydrogen) atoms. The van der Waals surface area contributed by atoms with E-state index in [1.807, 2.05) is 61.6 Å². The number of hydrogen-bond acceptors (Lipinski definition) is 8. The van der Waals surface area contributed by atoms with E-state index in [0.29, 0.717) is 17.3 Å². The van der Waals surface area contributed by atoms with Gasteiger partial charge in [-0.15, -0.1) is 0 Å². The number of nitrogens with zero attached hydrogens (tertiary/aromatic N) is 5. The summed E-state index contributed by atoms with van der Waals surface area (Å²) < 4.78 is 26.0. The monoisotopic (exact) mass is 489 g/mol. The van der Waals surface area contributed by atoms with Crippen LogP contribution < -0.4 is 15.5 Å². The van der Waals surface area contributed by atoms with Gasteiger partial charge >= 0.3 is 0 Å². The van der Waals surface area contributed by atoms with Crippen LogP contribution >= 0.6 is 0 Å². The molecule has 2 heterocycles. The Bertz CT molecular complexity index is 1420. The molecule has 0 spiro atoms. The van der Waals surface area contributed by atoms with E-state index < -0.39 is 10.0 Å². The quantitative estimate of drug-likeness (QED) is 0.377. The third-order valence-corrected chi connectivity index (χ3v) is 7.04. The minimum Gasteiger partial charge on any atom is -0.363 e. The van der Waals surface area contributed by atoms with Crippen molar-refractivity contribution >= 4 is 38.9 Å². The first-order chi connectivity index (χ1) is 16.7. The van der Waals surface area contributed by atoms with Gasteiger partial charge in [-0.3, -0.25) is 0 Å². The van der Waals surface area contributed by atoms with Crippen LogP contribution in [0.2, 0.25) is 0 Å². The van der Waals surface area contributed by atoms with Gasteiger partial charge in [-0.1, -0.05) is 18.2 Å². The van der Waals surface area contributed by atoms with E-state index in [-0.39, 0.29) is 4.90 Å². The molecule has 0 unspecified atom stereocenters. The molecule has 0 aliphatic carbocycles. The molecule has 0 atom stereocenters. The van der Waals surface area contributed by atoms with Gasteiger partial charge in [0.2, 0.25) is 10.0 Å². The van der Waals surface area contributed by atoms with Crippen LogP contribution in [-0.4, -0.2) is 55.9 Å². The molecule has 0 fully saturated rings. The van der Waals surface area contributed by atoms with Crippen molar-refractivity contribution in [1.29, 1.82) is 0 Å². The number of benzene rings is 2. The van der Waals surface area contributed by atoms with Crippen molar-refractivity contribution in [3.05, 3.63) is 79.3 Å². The zero-order chi connectivity index (χ0) is 25.0. The highest BCUT2D eigenvalue weighted by molar-refractivity contribution is 7.89. The molecule has 0 aliphatic rings. The number of nitrogens with one attached hydrogen (secondary N) is 2. The highest BCUT2D eigenvalue weighted by atomic mass is 32.2. The normalized spacial score (nSPS) is 11.3. The van der Waals surface area contributed by atoms with Crippen molar-refractivity contribution in [2.45, 2.75) is 4.90 Å². The van der Waals surface area contributed by atoms with Gasteiger partial charge in [0.05, 0.1) is 4.90 Å². The van der Waals surface area contributed by atoms with Gasteiger partial charge in [0.25, 0.3) is 0 Å². The zero-order valence-corrected chi connectivity index (χ0v) is 20.8. The Morgan fingerprint density at radius 2 is 1.37 bits per heavy atom.